The molecule has 7 nitrogen and oxygen atoms in total. The minimum atomic E-state index is -4.64. The Bertz CT molecular complexity index is 230. The summed E-state index contributed by atoms with van der Waals surface area (Å²) in [5.74, 6) is 0.149. The molecular formula is C8H20NO6P. The molecule has 0 spiro atoms. The van der Waals surface area contributed by atoms with E-state index >= 15 is 0 Å². The van der Waals surface area contributed by atoms with Gasteiger partial charge < -0.3 is 25.2 Å². The molecule has 0 amide bonds. The van der Waals surface area contributed by atoms with Crippen LogP contribution in [0, 0.1) is 5.92 Å². The summed E-state index contributed by atoms with van der Waals surface area (Å²) in [5.41, 5.74) is 5.53. The summed E-state index contributed by atoms with van der Waals surface area (Å²) in [6.07, 6.45) is 0.693. The van der Waals surface area contributed by atoms with Gasteiger partial charge >= 0.3 is 13.8 Å². The lowest BCUT2D eigenvalue weighted by Gasteiger charge is -2.11. The molecule has 0 aliphatic carbocycles. The van der Waals surface area contributed by atoms with Crippen LogP contribution in [0.4, 0.5) is 0 Å². The molecule has 0 aliphatic rings. The number of ether oxygens (including phenoxy) is 1. The largest absolute Gasteiger partial charge is 0.466 e. The SMILES string of the molecule is CCOC(=O)C(N)CC(C)C.O=P(O)(O)O. The minimum absolute atomic E-state index is 0.291. The summed E-state index contributed by atoms with van der Waals surface area (Å²) in [6.45, 7) is 6.24. The Morgan fingerprint density at radius 2 is 1.75 bits per heavy atom. The average Bonchev–Trinajstić information content (AvgIpc) is 2.00. The highest BCUT2D eigenvalue weighted by Gasteiger charge is 2.15. The molecule has 0 bridgehead atoms. The second-order valence-corrected chi connectivity index (χ2v) is 4.53. The maximum atomic E-state index is 10.9. The Balaban J connectivity index is 0. The molecule has 0 saturated heterocycles. The molecule has 1 unspecified atom stereocenters. The van der Waals surface area contributed by atoms with E-state index in [1.54, 1.807) is 6.92 Å². The van der Waals surface area contributed by atoms with Crippen LogP contribution in [0.2, 0.25) is 0 Å². The van der Waals surface area contributed by atoms with Gasteiger partial charge in [-0.15, -0.1) is 0 Å². The quantitative estimate of drug-likeness (QED) is 0.411. The monoisotopic (exact) mass is 257 g/mol. The molecule has 0 aliphatic heterocycles. The summed E-state index contributed by atoms with van der Waals surface area (Å²) >= 11 is 0. The Morgan fingerprint density at radius 3 is 2.00 bits per heavy atom. The predicted molar refractivity (Wildman–Crippen MR) is 58.3 cm³/mol. The highest BCUT2D eigenvalue weighted by atomic mass is 31.2. The van der Waals surface area contributed by atoms with Gasteiger partial charge in [0.1, 0.15) is 6.04 Å². The normalized spacial score (nSPS) is 12.8. The van der Waals surface area contributed by atoms with Crippen LogP contribution in [0.25, 0.3) is 0 Å². The smallest absolute Gasteiger partial charge is 0.465 e. The van der Waals surface area contributed by atoms with Gasteiger partial charge in [-0.25, -0.2) is 4.57 Å². The Kier molecular flexibility index (Phi) is 9.70. The molecule has 16 heavy (non-hydrogen) atoms. The lowest BCUT2D eigenvalue weighted by Crippen LogP contribution is -2.33. The first-order chi connectivity index (χ1) is 7.07. The van der Waals surface area contributed by atoms with Crippen LogP contribution >= 0.6 is 7.82 Å². The molecule has 5 N–H and O–H groups in total. The fourth-order valence-electron chi connectivity index (χ4n) is 0.853. The van der Waals surface area contributed by atoms with Crippen LogP contribution in [-0.2, 0) is 14.1 Å². The van der Waals surface area contributed by atoms with Crippen LogP contribution in [0.15, 0.2) is 0 Å². The van der Waals surface area contributed by atoms with Gasteiger partial charge in [-0.05, 0) is 19.3 Å². The van der Waals surface area contributed by atoms with Crippen molar-refractivity contribution in [3.8, 4) is 0 Å². The average molecular weight is 257 g/mol. The van der Waals surface area contributed by atoms with Crippen molar-refractivity contribution in [2.75, 3.05) is 6.61 Å². The van der Waals surface area contributed by atoms with E-state index in [9.17, 15) is 4.79 Å². The number of carbonyl (C=O) groups excluding carboxylic acids is 1. The molecule has 1 atom stereocenters. The fourth-order valence-corrected chi connectivity index (χ4v) is 0.853. The molecular weight excluding hydrogens is 237 g/mol. The summed E-state index contributed by atoms with van der Waals surface area (Å²) in [7, 11) is -4.64. The lowest BCUT2D eigenvalue weighted by atomic mass is 10.1. The van der Waals surface area contributed by atoms with E-state index in [1.807, 2.05) is 13.8 Å². The molecule has 0 saturated carbocycles. The molecule has 0 aromatic rings. The van der Waals surface area contributed by atoms with Crippen LogP contribution in [0.5, 0.6) is 0 Å². The third-order valence-corrected chi connectivity index (χ3v) is 1.31. The van der Waals surface area contributed by atoms with Crippen LogP contribution in [0.1, 0.15) is 27.2 Å². The maximum absolute atomic E-state index is 10.9. The van der Waals surface area contributed by atoms with Gasteiger partial charge in [0.05, 0.1) is 6.61 Å². The van der Waals surface area contributed by atoms with Gasteiger partial charge in [-0.1, -0.05) is 13.8 Å². The molecule has 0 aromatic heterocycles. The number of esters is 1. The Morgan fingerprint density at radius 1 is 1.38 bits per heavy atom. The number of carbonyl (C=O) groups is 1. The Hall–Kier alpha value is -0.460. The molecule has 0 rings (SSSR count). The molecule has 0 heterocycles. The Labute approximate surface area is 94.8 Å². The van der Waals surface area contributed by atoms with E-state index in [1.165, 1.54) is 0 Å². The van der Waals surface area contributed by atoms with E-state index in [0.717, 1.165) is 0 Å². The number of nitrogens with two attached hydrogens (primary N) is 1. The maximum Gasteiger partial charge on any atom is 0.466 e. The minimum Gasteiger partial charge on any atom is -0.465 e. The predicted octanol–water partition coefficient (Wildman–Crippen LogP) is -0.00570. The van der Waals surface area contributed by atoms with E-state index in [0.29, 0.717) is 18.9 Å². The first-order valence-electron chi connectivity index (χ1n) is 4.78. The summed E-state index contributed by atoms with van der Waals surface area (Å²) in [5, 5.41) is 0. The van der Waals surface area contributed by atoms with Gasteiger partial charge in [-0.3, -0.25) is 4.79 Å². The molecule has 98 valence electrons. The van der Waals surface area contributed by atoms with Crippen molar-refractivity contribution in [3.05, 3.63) is 0 Å². The summed E-state index contributed by atoms with van der Waals surface area (Å²) in [6, 6.07) is -0.449. The van der Waals surface area contributed by atoms with E-state index in [4.69, 9.17) is 29.7 Å². The van der Waals surface area contributed by atoms with Crippen LogP contribution in [-0.4, -0.2) is 33.3 Å². The fraction of sp³-hybridized carbons (Fsp3) is 0.875. The van der Waals surface area contributed by atoms with Crippen molar-refractivity contribution in [1.29, 1.82) is 0 Å². The van der Waals surface area contributed by atoms with Gasteiger partial charge in [-0.2, -0.15) is 0 Å². The highest BCUT2D eigenvalue weighted by Crippen LogP contribution is 2.25. The lowest BCUT2D eigenvalue weighted by molar-refractivity contribution is -0.145. The van der Waals surface area contributed by atoms with Crippen molar-refractivity contribution in [2.24, 2.45) is 11.7 Å². The van der Waals surface area contributed by atoms with Gasteiger partial charge in [0.2, 0.25) is 0 Å². The number of hydrogen-bond donors (Lipinski definition) is 4. The third-order valence-electron chi connectivity index (χ3n) is 1.31. The van der Waals surface area contributed by atoms with Crippen molar-refractivity contribution >= 4 is 13.8 Å². The zero-order chi connectivity index (χ0) is 13.4. The first kappa shape index (κ1) is 17.9. The van der Waals surface area contributed by atoms with Gasteiger partial charge in [0.25, 0.3) is 0 Å². The third kappa shape index (κ3) is 19.2. The van der Waals surface area contributed by atoms with Gasteiger partial charge in [0.15, 0.2) is 0 Å². The van der Waals surface area contributed by atoms with Crippen molar-refractivity contribution in [3.63, 3.8) is 0 Å². The molecule has 0 radical (unpaired) electrons. The molecule has 0 fully saturated rings. The van der Waals surface area contributed by atoms with Crippen LogP contribution < -0.4 is 5.73 Å². The van der Waals surface area contributed by atoms with Crippen molar-refractivity contribution in [2.45, 2.75) is 33.2 Å². The van der Waals surface area contributed by atoms with E-state index < -0.39 is 13.9 Å². The molecule has 8 heteroatoms. The zero-order valence-electron chi connectivity index (χ0n) is 9.66. The van der Waals surface area contributed by atoms with E-state index in [2.05, 4.69) is 0 Å². The number of rotatable bonds is 4. The van der Waals surface area contributed by atoms with Crippen LogP contribution in [0.3, 0.4) is 0 Å². The van der Waals surface area contributed by atoms with Gasteiger partial charge in [0, 0.05) is 0 Å². The first-order valence-corrected chi connectivity index (χ1v) is 6.34. The zero-order valence-corrected chi connectivity index (χ0v) is 10.6. The number of hydrogen-bond acceptors (Lipinski definition) is 4. The topological polar surface area (TPSA) is 130 Å². The van der Waals surface area contributed by atoms with Crippen molar-refractivity contribution in [1.82, 2.24) is 0 Å². The van der Waals surface area contributed by atoms with E-state index in [-0.39, 0.29) is 5.97 Å². The van der Waals surface area contributed by atoms with Crippen molar-refractivity contribution < 1.29 is 28.8 Å². The second kappa shape index (κ2) is 8.66. The standard InChI is InChI=1S/C8H17NO2.H3O4P/c1-4-11-8(10)7(9)5-6(2)3;1-5(2,3)4/h6-7H,4-5,9H2,1-3H3;(H3,1,2,3,4). The summed E-state index contributed by atoms with van der Waals surface area (Å²) < 4.78 is 13.6. The number of phosphoric acid groups is 1. The highest BCUT2D eigenvalue weighted by molar-refractivity contribution is 7.45. The molecule has 0 aromatic carbocycles. The second-order valence-electron chi connectivity index (χ2n) is 3.50. The summed E-state index contributed by atoms with van der Waals surface area (Å²) in [4.78, 5) is 32.5.